The minimum Gasteiger partial charge on any atom is -0.481 e. The monoisotopic (exact) mass is 279 g/mol. The summed E-state index contributed by atoms with van der Waals surface area (Å²) in [6.07, 6.45) is 5.57. The van der Waals surface area contributed by atoms with Crippen LogP contribution in [0.1, 0.15) is 11.1 Å². The molecule has 0 fully saturated rings. The van der Waals surface area contributed by atoms with Gasteiger partial charge in [-0.05, 0) is 19.4 Å². The van der Waals surface area contributed by atoms with Crippen LogP contribution in [0.4, 0.5) is 0 Å². The van der Waals surface area contributed by atoms with E-state index < -0.39 is 0 Å². The minimum absolute atomic E-state index is 0.641. The van der Waals surface area contributed by atoms with Gasteiger partial charge in [0.25, 0.3) is 0 Å². The summed E-state index contributed by atoms with van der Waals surface area (Å²) < 4.78 is 5.35. The lowest BCUT2D eigenvalue weighted by Gasteiger charge is -2.14. The van der Waals surface area contributed by atoms with E-state index in [-0.39, 0.29) is 0 Å². The molecule has 2 aromatic heterocycles. The zero-order valence-electron chi connectivity index (χ0n) is 12.3. The standard InChI is InChI=1S/C17H17N3O/c1-11-4-6-13(7-5-11)15-10-18-17(21-3)12(2)16(15)14-8-19-20-9-14/h4-10H,1-3H3,(H,19,20). The van der Waals surface area contributed by atoms with Crippen molar-refractivity contribution in [3.8, 4) is 28.1 Å². The SMILES string of the molecule is COc1ncc(-c2ccc(C)cc2)c(-c2cn[nH]c2)c1C. The van der Waals surface area contributed by atoms with Crippen molar-refractivity contribution in [2.24, 2.45) is 0 Å². The van der Waals surface area contributed by atoms with Crippen molar-refractivity contribution in [2.45, 2.75) is 13.8 Å². The first-order chi connectivity index (χ1) is 10.2. The number of aromatic nitrogens is 3. The topological polar surface area (TPSA) is 50.8 Å². The maximum absolute atomic E-state index is 5.35. The number of nitrogens with zero attached hydrogens (tertiary/aromatic N) is 2. The average Bonchev–Trinajstić information content (AvgIpc) is 3.01. The molecule has 106 valence electrons. The van der Waals surface area contributed by atoms with Crippen molar-refractivity contribution in [3.05, 3.63) is 54.0 Å². The third-order valence-corrected chi connectivity index (χ3v) is 3.62. The zero-order valence-corrected chi connectivity index (χ0v) is 12.3. The summed E-state index contributed by atoms with van der Waals surface area (Å²) in [6.45, 7) is 4.10. The van der Waals surface area contributed by atoms with E-state index in [1.165, 1.54) is 5.56 Å². The van der Waals surface area contributed by atoms with E-state index in [4.69, 9.17) is 4.74 Å². The molecule has 1 aromatic carbocycles. The van der Waals surface area contributed by atoms with Crippen LogP contribution in [0.3, 0.4) is 0 Å². The Labute approximate surface area is 123 Å². The van der Waals surface area contributed by atoms with E-state index in [0.717, 1.165) is 27.8 Å². The lowest BCUT2D eigenvalue weighted by molar-refractivity contribution is 0.395. The number of methoxy groups -OCH3 is 1. The summed E-state index contributed by atoms with van der Waals surface area (Å²) in [5.41, 5.74) is 6.59. The van der Waals surface area contributed by atoms with Crippen molar-refractivity contribution < 1.29 is 4.74 Å². The molecule has 0 aliphatic heterocycles. The fourth-order valence-electron chi connectivity index (χ4n) is 2.51. The van der Waals surface area contributed by atoms with Crippen LogP contribution in [-0.4, -0.2) is 22.3 Å². The van der Waals surface area contributed by atoms with Crippen LogP contribution < -0.4 is 4.74 Å². The maximum atomic E-state index is 5.35. The summed E-state index contributed by atoms with van der Waals surface area (Å²) in [5.74, 6) is 0.641. The van der Waals surface area contributed by atoms with Crippen LogP contribution in [-0.2, 0) is 0 Å². The summed E-state index contributed by atoms with van der Waals surface area (Å²) in [4.78, 5) is 4.41. The molecule has 0 bridgehead atoms. The second-order valence-electron chi connectivity index (χ2n) is 5.03. The van der Waals surface area contributed by atoms with Gasteiger partial charge in [-0.2, -0.15) is 5.10 Å². The number of rotatable bonds is 3. The van der Waals surface area contributed by atoms with Gasteiger partial charge in [-0.1, -0.05) is 29.8 Å². The maximum Gasteiger partial charge on any atom is 0.216 e. The highest BCUT2D eigenvalue weighted by Crippen LogP contribution is 2.37. The molecule has 3 rings (SSSR count). The molecule has 0 atom stereocenters. The first kappa shape index (κ1) is 13.4. The molecule has 4 nitrogen and oxygen atoms in total. The van der Waals surface area contributed by atoms with Gasteiger partial charge in [-0.3, -0.25) is 5.10 Å². The van der Waals surface area contributed by atoms with E-state index >= 15 is 0 Å². The zero-order chi connectivity index (χ0) is 14.8. The number of nitrogens with one attached hydrogen (secondary N) is 1. The van der Waals surface area contributed by atoms with Crippen molar-refractivity contribution in [3.63, 3.8) is 0 Å². The van der Waals surface area contributed by atoms with Crippen LogP contribution >= 0.6 is 0 Å². The van der Waals surface area contributed by atoms with E-state index in [1.807, 2.05) is 25.5 Å². The fourth-order valence-corrected chi connectivity index (χ4v) is 2.51. The van der Waals surface area contributed by atoms with Gasteiger partial charge < -0.3 is 4.74 Å². The van der Waals surface area contributed by atoms with Gasteiger partial charge in [-0.25, -0.2) is 4.98 Å². The van der Waals surface area contributed by atoms with Crippen LogP contribution in [0, 0.1) is 13.8 Å². The largest absolute Gasteiger partial charge is 0.481 e. The smallest absolute Gasteiger partial charge is 0.216 e. The average molecular weight is 279 g/mol. The van der Waals surface area contributed by atoms with Gasteiger partial charge in [0.15, 0.2) is 0 Å². The number of aryl methyl sites for hydroxylation is 1. The first-order valence-electron chi connectivity index (χ1n) is 6.80. The molecule has 0 aliphatic rings. The van der Waals surface area contributed by atoms with Crippen LogP contribution in [0.25, 0.3) is 22.3 Å². The second kappa shape index (κ2) is 5.40. The molecule has 21 heavy (non-hydrogen) atoms. The number of H-pyrrole nitrogens is 1. The van der Waals surface area contributed by atoms with Crippen LogP contribution in [0.5, 0.6) is 5.88 Å². The number of pyridine rings is 1. The number of hydrogen-bond acceptors (Lipinski definition) is 3. The van der Waals surface area contributed by atoms with Gasteiger partial charge in [-0.15, -0.1) is 0 Å². The lowest BCUT2D eigenvalue weighted by atomic mass is 9.94. The molecule has 0 unspecified atom stereocenters. The number of hydrogen-bond donors (Lipinski definition) is 1. The Hall–Kier alpha value is -2.62. The molecule has 0 spiro atoms. The molecular weight excluding hydrogens is 262 g/mol. The quantitative estimate of drug-likeness (QED) is 0.794. The molecular formula is C17H17N3O. The molecule has 0 amide bonds. The van der Waals surface area contributed by atoms with Gasteiger partial charge in [0.1, 0.15) is 0 Å². The van der Waals surface area contributed by atoms with Gasteiger partial charge in [0.2, 0.25) is 5.88 Å². The Morgan fingerprint density at radius 3 is 2.38 bits per heavy atom. The van der Waals surface area contributed by atoms with E-state index in [1.54, 1.807) is 7.11 Å². The predicted octanol–water partition coefficient (Wildman–Crippen LogP) is 3.76. The lowest BCUT2D eigenvalue weighted by Crippen LogP contribution is -1.96. The third-order valence-electron chi connectivity index (χ3n) is 3.62. The van der Waals surface area contributed by atoms with Crippen molar-refractivity contribution in [1.29, 1.82) is 0 Å². The van der Waals surface area contributed by atoms with Crippen molar-refractivity contribution in [1.82, 2.24) is 15.2 Å². The molecule has 0 saturated heterocycles. The normalized spacial score (nSPS) is 10.6. The number of benzene rings is 1. The summed E-state index contributed by atoms with van der Waals surface area (Å²) in [5, 5.41) is 6.93. The highest BCUT2D eigenvalue weighted by molar-refractivity contribution is 5.85. The summed E-state index contributed by atoms with van der Waals surface area (Å²) >= 11 is 0. The third kappa shape index (κ3) is 2.40. The number of aromatic amines is 1. The Bertz CT molecular complexity index is 746. The fraction of sp³-hybridized carbons (Fsp3) is 0.176. The van der Waals surface area contributed by atoms with Gasteiger partial charge >= 0.3 is 0 Å². The highest BCUT2D eigenvalue weighted by Gasteiger charge is 2.15. The van der Waals surface area contributed by atoms with E-state index in [0.29, 0.717) is 5.88 Å². The molecule has 4 heteroatoms. The molecule has 0 aliphatic carbocycles. The van der Waals surface area contributed by atoms with Crippen molar-refractivity contribution in [2.75, 3.05) is 7.11 Å². The Morgan fingerprint density at radius 1 is 1.00 bits per heavy atom. The molecule has 0 radical (unpaired) electrons. The second-order valence-corrected chi connectivity index (χ2v) is 5.03. The Morgan fingerprint density at radius 2 is 1.76 bits per heavy atom. The molecule has 2 heterocycles. The number of ether oxygens (including phenoxy) is 1. The van der Waals surface area contributed by atoms with Crippen molar-refractivity contribution >= 4 is 0 Å². The molecule has 0 saturated carbocycles. The Kier molecular flexibility index (Phi) is 3.44. The molecule has 1 N–H and O–H groups in total. The van der Waals surface area contributed by atoms with Crippen LogP contribution in [0.15, 0.2) is 42.9 Å². The van der Waals surface area contributed by atoms with Crippen LogP contribution in [0.2, 0.25) is 0 Å². The summed E-state index contributed by atoms with van der Waals surface area (Å²) in [7, 11) is 1.64. The Balaban J connectivity index is 2.25. The minimum atomic E-state index is 0.641. The molecule has 3 aromatic rings. The first-order valence-corrected chi connectivity index (χ1v) is 6.80. The van der Waals surface area contributed by atoms with E-state index in [2.05, 4.69) is 46.4 Å². The van der Waals surface area contributed by atoms with E-state index in [9.17, 15) is 0 Å². The predicted molar refractivity (Wildman–Crippen MR) is 83.3 cm³/mol. The summed E-state index contributed by atoms with van der Waals surface area (Å²) in [6, 6.07) is 8.44. The van der Waals surface area contributed by atoms with Gasteiger partial charge in [0.05, 0.1) is 13.3 Å². The highest BCUT2D eigenvalue weighted by atomic mass is 16.5. The van der Waals surface area contributed by atoms with Gasteiger partial charge in [0, 0.05) is 34.6 Å².